The molecule has 1 aliphatic rings. The molecule has 0 saturated carbocycles. The van der Waals surface area contributed by atoms with E-state index >= 15 is 0 Å². The second kappa shape index (κ2) is 5.82. The largest absolute Gasteiger partial charge is 0.374 e. The summed E-state index contributed by atoms with van der Waals surface area (Å²) in [5.74, 6) is 0. The van der Waals surface area contributed by atoms with E-state index < -0.39 is 0 Å². The molecule has 0 radical (unpaired) electrons. The molecule has 2 rings (SSSR count). The smallest absolute Gasteiger partial charge is 0.0897 e. The number of likely N-dealkylation sites (N-methyl/N-ethyl adjacent to an activating group) is 1. The Hall–Kier alpha value is -0.910. The van der Waals surface area contributed by atoms with Crippen LogP contribution in [0.15, 0.2) is 12.4 Å². The van der Waals surface area contributed by atoms with E-state index in [1.54, 1.807) is 0 Å². The molecular formula is C13H24N4O. The Bertz CT molecular complexity index is 375. The lowest BCUT2D eigenvalue weighted by atomic mass is 9.99. The number of nitrogens with zero attached hydrogens (tertiary/aromatic N) is 3. The molecule has 1 fully saturated rings. The van der Waals surface area contributed by atoms with Crippen molar-refractivity contribution in [3.8, 4) is 0 Å². The van der Waals surface area contributed by atoms with Gasteiger partial charge in [0.1, 0.15) is 0 Å². The quantitative estimate of drug-likeness (QED) is 0.860. The van der Waals surface area contributed by atoms with Gasteiger partial charge >= 0.3 is 0 Å². The van der Waals surface area contributed by atoms with Crippen LogP contribution in [-0.4, -0.2) is 53.6 Å². The maximum absolute atomic E-state index is 5.93. The Morgan fingerprint density at radius 3 is 2.89 bits per heavy atom. The monoisotopic (exact) mass is 252 g/mol. The summed E-state index contributed by atoms with van der Waals surface area (Å²) in [6, 6.07) is 0.804. The molecule has 0 amide bonds. The van der Waals surface area contributed by atoms with Crippen LogP contribution < -0.4 is 5.32 Å². The highest BCUT2D eigenvalue weighted by Crippen LogP contribution is 2.30. The van der Waals surface area contributed by atoms with Crippen LogP contribution in [0.1, 0.15) is 25.5 Å². The zero-order chi connectivity index (χ0) is 13.1. The van der Waals surface area contributed by atoms with E-state index in [0.29, 0.717) is 12.1 Å². The van der Waals surface area contributed by atoms with Gasteiger partial charge in [-0.2, -0.15) is 5.10 Å². The predicted molar refractivity (Wildman–Crippen MR) is 71.5 cm³/mol. The highest BCUT2D eigenvalue weighted by Gasteiger charge is 2.35. The van der Waals surface area contributed by atoms with E-state index in [-0.39, 0.29) is 6.10 Å². The third-order valence-corrected chi connectivity index (χ3v) is 3.53. The molecule has 5 nitrogen and oxygen atoms in total. The van der Waals surface area contributed by atoms with Crippen LogP contribution in [-0.2, 0) is 11.8 Å². The van der Waals surface area contributed by atoms with Crippen LogP contribution in [0.5, 0.6) is 0 Å². The van der Waals surface area contributed by atoms with Gasteiger partial charge in [0.05, 0.1) is 24.9 Å². The summed E-state index contributed by atoms with van der Waals surface area (Å²) in [4.78, 5) is 2.50. The van der Waals surface area contributed by atoms with Crippen molar-refractivity contribution in [2.24, 2.45) is 7.05 Å². The van der Waals surface area contributed by atoms with Gasteiger partial charge in [-0.15, -0.1) is 0 Å². The first kappa shape index (κ1) is 13.5. The molecule has 2 unspecified atom stereocenters. The minimum absolute atomic E-state index is 0.190. The molecule has 2 atom stereocenters. The lowest BCUT2D eigenvalue weighted by molar-refractivity contribution is -0.0815. The molecule has 0 spiro atoms. The summed E-state index contributed by atoms with van der Waals surface area (Å²) < 4.78 is 7.79. The number of aryl methyl sites for hydroxylation is 1. The summed E-state index contributed by atoms with van der Waals surface area (Å²) >= 11 is 0. The summed E-state index contributed by atoms with van der Waals surface area (Å²) in [6.45, 7) is 7.14. The third kappa shape index (κ3) is 2.74. The molecule has 0 bridgehead atoms. The predicted octanol–water partition coefficient (Wildman–Crippen LogP) is 0.790. The zero-order valence-corrected chi connectivity index (χ0v) is 11.8. The van der Waals surface area contributed by atoms with Gasteiger partial charge in [0, 0.05) is 37.9 Å². The first-order valence-electron chi connectivity index (χ1n) is 6.64. The SMILES string of the molecule is CNCC1OCCN(C(C)C)C1c1cnn(C)c1. The molecule has 1 N–H and O–H groups in total. The molecule has 1 aromatic rings. The molecule has 5 heteroatoms. The van der Waals surface area contributed by atoms with Gasteiger partial charge in [0.2, 0.25) is 0 Å². The maximum atomic E-state index is 5.93. The number of hydrogen-bond donors (Lipinski definition) is 1. The van der Waals surface area contributed by atoms with Gasteiger partial charge in [-0.25, -0.2) is 0 Å². The van der Waals surface area contributed by atoms with Crippen molar-refractivity contribution >= 4 is 0 Å². The number of hydrogen-bond acceptors (Lipinski definition) is 4. The standard InChI is InChI=1S/C13H24N4O/c1-10(2)17-5-6-18-12(8-14-3)13(17)11-7-15-16(4)9-11/h7,9-10,12-14H,5-6,8H2,1-4H3. The summed E-state index contributed by atoms with van der Waals surface area (Å²) in [5, 5.41) is 7.52. The molecule has 102 valence electrons. The van der Waals surface area contributed by atoms with Gasteiger partial charge < -0.3 is 10.1 Å². The average molecular weight is 252 g/mol. The Balaban J connectivity index is 2.26. The fourth-order valence-electron chi connectivity index (χ4n) is 2.70. The Labute approximate surface area is 109 Å². The Kier molecular flexibility index (Phi) is 4.37. The van der Waals surface area contributed by atoms with Crippen molar-refractivity contribution < 1.29 is 4.74 Å². The highest BCUT2D eigenvalue weighted by atomic mass is 16.5. The highest BCUT2D eigenvalue weighted by molar-refractivity contribution is 5.14. The average Bonchev–Trinajstić information content (AvgIpc) is 2.75. The van der Waals surface area contributed by atoms with E-state index in [1.807, 2.05) is 25.0 Å². The lowest BCUT2D eigenvalue weighted by Crippen LogP contribution is -2.51. The fourth-order valence-corrected chi connectivity index (χ4v) is 2.70. The number of ether oxygens (including phenoxy) is 1. The molecule has 1 saturated heterocycles. The second-order valence-corrected chi connectivity index (χ2v) is 5.19. The van der Waals surface area contributed by atoms with Gasteiger partial charge in [0.15, 0.2) is 0 Å². The van der Waals surface area contributed by atoms with E-state index in [1.165, 1.54) is 5.56 Å². The van der Waals surface area contributed by atoms with Gasteiger partial charge in [-0.05, 0) is 20.9 Å². The summed E-state index contributed by atoms with van der Waals surface area (Å²) in [7, 11) is 3.93. The zero-order valence-electron chi connectivity index (χ0n) is 11.8. The van der Waals surface area contributed by atoms with Crippen molar-refractivity contribution in [3.63, 3.8) is 0 Å². The molecule has 18 heavy (non-hydrogen) atoms. The van der Waals surface area contributed by atoms with Crippen LogP contribution in [0.2, 0.25) is 0 Å². The molecule has 1 aromatic heterocycles. The minimum atomic E-state index is 0.190. The molecule has 0 aliphatic carbocycles. The van der Waals surface area contributed by atoms with Crippen molar-refractivity contribution in [1.29, 1.82) is 0 Å². The van der Waals surface area contributed by atoms with Crippen LogP contribution in [0.25, 0.3) is 0 Å². The topological polar surface area (TPSA) is 42.3 Å². The van der Waals surface area contributed by atoms with Crippen LogP contribution in [0.3, 0.4) is 0 Å². The third-order valence-electron chi connectivity index (χ3n) is 3.53. The van der Waals surface area contributed by atoms with Gasteiger partial charge in [-0.3, -0.25) is 9.58 Å². The van der Waals surface area contributed by atoms with E-state index in [9.17, 15) is 0 Å². The van der Waals surface area contributed by atoms with E-state index in [4.69, 9.17) is 4.74 Å². The normalized spacial score (nSPS) is 25.8. The van der Waals surface area contributed by atoms with Crippen LogP contribution in [0, 0.1) is 0 Å². The van der Waals surface area contributed by atoms with Crippen LogP contribution >= 0.6 is 0 Å². The number of nitrogens with one attached hydrogen (secondary N) is 1. The second-order valence-electron chi connectivity index (χ2n) is 5.19. The summed E-state index contributed by atoms with van der Waals surface area (Å²) in [6.07, 6.45) is 4.24. The van der Waals surface area contributed by atoms with Crippen molar-refractivity contribution in [3.05, 3.63) is 18.0 Å². The van der Waals surface area contributed by atoms with E-state index in [2.05, 4.69) is 35.4 Å². The van der Waals surface area contributed by atoms with Crippen molar-refractivity contribution in [2.75, 3.05) is 26.7 Å². The summed E-state index contributed by atoms with van der Waals surface area (Å²) in [5.41, 5.74) is 1.24. The van der Waals surface area contributed by atoms with E-state index in [0.717, 1.165) is 19.7 Å². The van der Waals surface area contributed by atoms with Crippen molar-refractivity contribution in [1.82, 2.24) is 20.0 Å². The Morgan fingerprint density at radius 1 is 1.56 bits per heavy atom. The van der Waals surface area contributed by atoms with Crippen LogP contribution in [0.4, 0.5) is 0 Å². The molecule has 1 aliphatic heterocycles. The molecular weight excluding hydrogens is 228 g/mol. The maximum Gasteiger partial charge on any atom is 0.0897 e. The lowest BCUT2D eigenvalue weighted by Gasteiger charge is -2.43. The number of morpholine rings is 1. The first-order valence-corrected chi connectivity index (χ1v) is 6.64. The first-order chi connectivity index (χ1) is 8.63. The van der Waals surface area contributed by atoms with Crippen molar-refractivity contribution in [2.45, 2.75) is 32.0 Å². The van der Waals surface area contributed by atoms with Gasteiger partial charge in [-0.1, -0.05) is 0 Å². The van der Waals surface area contributed by atoms with Gasteiger partial charge in [0.25, 0.3) is 0 Å². The molecule has 0 aromatic carbocycles. The number of rotatable bonds is 4. The minimum Gasteiger partial charge on any atom is -0.374 e. The molecule has 2 heterocycles. The number of aromatic nitrogens is 2. The fraction of sp³-hybridized carbons (Fsp3) is 0.769. The Morgan fingerprint density at radius 2 is 2.33 bits per heavy atom.